The van der Waals surface area contributed by atoms with Gasteiger partial charge in [-0.2, -0.15) is 0 Å². The van der Waals surface area contributed by atoms with E-state index in [1.54, 1.807) is 0 Å². The molecular weight excluding hydrogens is 334 g/mol. The molecule has 0 spiro atoms. The molecule has 3 rings (SSSR count). The van der Waals surface area contributed by atoms with Gasteiger partial charge in [0, 0.05) is 5.92 Å². The molecule has 3 N–H and O–H groups in total. The maximum absolute atomic E-state index is 10.5. The molecule has 1 aromatic carbocycles. The summed E-state index contributed by atoms with van der Waals surface area (Å²) in [5.74, 6) is -0.247. The molecule has 26 heavy (non-hydrogen) atoms. The van der Waals surface area contributed by atoms with Gasteiger partial charge in [0.15, 0.2) is 0 Å². The van der Waals surface area contributed by atoms with Crippen LogP contribution >= 0.6 is 0 Å². The van der Waals surface area contributed by atoms with E-state index in [0.29, 0.717) is 12.8 Å². The summed E-state index contributed by atoms with van der Waals surface area (Å²) in [5.41, 5.74) is 2.06. The normalized spacial score (nSPS) is 29.8. The van der Waals surface area contributed by atoms with E-state index >= 15 is 0 Å². The smallest absolute Gasteiger partial charge is 0.306 e. The van der Waals surface area contributed by atoms with Gasteiger partial charge in [0.05, 0.1) is 24.3 Å². The summed E-state index contributed by atoms with van der Waals surface area (Å²) in [6, 6.07) is 9.94. The number of carbonyl (C=O) groups is 1. The first-order valence-electron chi connectivity index (χ1n) is 9.35. The van der Waals surface area contributed by atoms with Crippen molar-refractivity contribution in [2.24, 2.45) is 22.9 Å². The predicted octanol–water partition coefficient (Wildman–Crippen LogP) is 2.23. The van der Waals surface area contributed by atoms with Crippen molar-refractivity contribution in [1.82, 2.24) is 0 Å². The summed E-state index contributed by atoms with van der Waals surface area (Å²) < 4.78 is 0. The Morgan fingerprint density at radius 3 is 2.81 bits per heavy atom. The molecule has 0 bridgehead atoms. The van der Waals surface area contributed by atoms with Crippen LogP contribution in [-0.4, -0.2) is 45.8 Å². The Bertz CT molecular complexity index is 632. The van der Waals surface area contributed by atoms with Crippen LogP contribution in [0.15, 0.2) is 35.5 Å². The van der Waals surface area contributed by atoms with Crippen LogP contribution in [0.3, 0.4) is 0 Å². The van der Waals surface area contributed by atoms with Crippen molar-refractivity contribution in [2.45, 2.75) is 50.7 Å². The van der Waals surface area contributed by atoms with E-state index in [-0.39, 0.29) is 36.9 Å². The predicted molar refractivity (Wildman–Crippen MR) is 96.7 cm³/mol. The van der Waals surface area contributed by atoms with Crippen LogP contribution in [0.1, 0.15) is 37.7 Å². The summed E-state index contributed by atoms with van der Waals surface area (Å²) in [4.78, 5) is 15.5. The maximum Gasteiger partial charge on any atom is 0.306 e. The van der Waals surface area contributed by atoms with Gasteiger partial charge >= 0.3 is 5.97 Å². The number of rotatable bonds is 9. The lowest BCUT2D eigenvalue weighted by molar-refractivity contribution is -0.138. The fourth-order valence-corrected chi connectivity index (χ4v) is 4.16. The Morgan fingerprint density at radius 2 is 2.08 bits per heavy atom. The highest BCUT2D eigenvalue weighted by atomic mass is 16.6. The lowest BCUT2D eigenvalue weighted by Crippen LogP contribution is -2.38. The number of hydrogen-bond acceptors (Lipinski definition) is 5. The minimum atomic E-state index is -0.901. The van der Waals surface area contributed by atoms with Gasteiger partial charge in [0.2, 0.25) is 0 Å². The topological polar surface area (TPSA) is 99.4 Å². The highest BCUT2D eigenvalue weighted by Gasteiger charge is 2.51. The first kappa shape index (κ1) is 18.9. The van der Waals surface area contributed by atoms with E-state index in [1.165, 1.54) is 0 Å². The van der Waals surface area contributed by atoms with Gasteiger partial charge in [-0.05, 0) is 49.5 Å². The molecule has 5 unspecified atom stereocenters. The molecule has 2 fully saturated rings. The number of nitrogens with zero attached hydrogens (tertiary/aromatic N) is 1. The summed E-state index contributed by atoms with van der Waals surface area (Å²) in [6.07, 6.45) is 2.91. The van der Waals surface area contributed by atoms with Crippen LogP contribution < -0.4 is 0 Å². The third kappa shape index (κ3) is 4.62. The first-order valence-corrected chi connectivity index (χ1v) is 9.35. The quantitative estimate of drug-likeness (QED) is 0.463. The van der Waals surface area contributed by atoms with Crippen molar-refractivity contribution in [3.05, 3.63) is 35.9 Å². The molecular formula is C20H27NO5. The summed E-state index contributed by atoms with van der Waals surface area (Å²) in [5, 5.41) is 33.4. The van der Waals surface area contributed by atoms with Gasteiger partial charge in [0.25, 0.3) is 0 Å². The minimum Gasteiger partial charge on any atom is -0.481 e. The highest BCUT2D eigenvalue weighted by molar-refractivity contribution is 5.93. The van der Waals surface area contributed by atoms with Crippen molar-refractivity contribution >= 4 is 11.7 Å². The second kappa shape index (κ2) is 8.64. The monoisotopic (exact) mass is 361 g/mol. The zero-order valence-corrected chi connectivity index (χ0v) is 14.8. The molecule has 0 amide bonds. The molecule has 142 valence electrons. The third-order valence-electron chi connectivity index (χ3n) is 5.64. The zero-order valence-electron chi connectivity index (χ0n) is 14.8. The van der Waals surface area contributed by atoms with Crippen LogP contribution in [0.5, 0.6) is 0 Å². The number of carboxylic acid groups (broad SMARTS) is 1. The molecule has 5 atom stereocenters. The fraction of sp³-hybridized carbons (Fsp3) is 0.600. The van der Waals surface area contributed by atoms with E-state index in [0.717, 1.165) is 30.5 Å². The van der Waals surface area contributed by atoms with E-state index in [9.17, 15) is 15.0 Å². The van der Waals surface area contributed by atoms with Crippen LogP contribution in [-0.2, 0) is 16.1 Å². The highest BCUT2D eigenvalue weighted by Crippen LogP contribution is 2.49. The number of carboxylic acids is 1. The summed E-state index contributed by atoms with van der Waals surface area (Å²) in [6.45, 7) is 0.0773. The van der Waals surface area contributed by atoms with Gasteiger partial charge in [-0.3, -0.25) is 4.79 Å². The Balaban J connectivity index is 1.42. The molecule has 0 saturated heterocycles. The average molecular weight is 361 g/mol. The van der Waals surface area contributed by atoms with E-state index < -0.39 is 12.1 Å². The second-order valence-electron chi connectivity index (χ2n) is 7.44. The number of oxime groups is 1. The number of aliphatic hydroxyl groups is 2. The van der Waals surface area contributed by atoms with Crippen LogP contribution in [0.4, 0.5) is 0 Å². The number of aliphatic carboxylic acids is 1. The Labute approximate surface area is 153 Å². The van der Waals surface area contributed by atoms with E-state index in [4.69, 9.17) is 9.94 Å². The third-order valence-corrected chi connectivity index (χ3v) is 5.64. The molecule has 2 aliphatic rings. The summed E-state index contributed by atoms with van der Waals surface area (Å²) in [7, 11) is 0. The Hall–Kier alpha value is -1.92. The molecule has 2 aliphatic carbocycles. The largest absolute Gasteiger partial charge is 0.481 e. The molecule has 6 heteroatoms. The van der Waals surface area contributed by atoms with Crippen LogP contribution in [0, 0.1) is 17.8 Å². The zero-order chi connectivity index (χ0) is 18.5. The van der Waals surface area contributed by atoms with Crippen molar-refractivity contribution in [3.63, 3.8) is 0 Å². The first-order chi connectivity index (χ1) is 12.5. The van der Waals surface area contributed by atoms with Crippen molar-refractivity contribution in [1.29, 1.82) is 0 Å². The molecule has 0 aliphatic heterocycles. The van der Waals surface area contributed by atoms with Gasteiger partial charge in [0.1, 0.15) is 6.61 Å². The van der Waals surface area contributed by atoms with Gasteiger partial charge in [-0.1, -0.05) is 35.5 Å². The Morgan fingerprint density at radius 1 is 1.31 bits per heavy atom. The molecule has 1 aromatic rings. The lowest BCUT2D eigenvalue weighted by atomic mass is 9.73. The molecule has 2 saturated carbocycles. The van der Waals surface area contributed by atoms with Gasteiger partial charge < -0.3 is 20.2 Å². The fourth-order valence-electron chi connectivity index (χ4n) is 4.16. The van der Waals surface area contributed by atoms with Gasteiger partial charge in [-0.25, -0.2) is 0 Å². The molecule has 0 aromatic heterocycles. The lowest BCUT2D eigenvalue weighted by Gasteiger charge is -2.33. The Kier molecular flexibility index (Phi) is 6.27. The van der Waals surface area contributed by atoms with E-state index in [2.05, 4.69) is 5.16 Å². The van der Waals surface area contributed by atoms with Crippen molar-refractivity contribution < 1.29 is 25.0 Å². The van der Waals surface area contributed by atoms with E-state index in [1.807, 2.05) is 30.3 Å². The van der Waals surface area contributed by atoms with Gasteiger partial charge in [-0.15, -0.1) is 0 Å². The number of hydrogen-bond donors (Lipinski definition) is 3. The molecule has 0 radical (unpaired) electrons. The minimum absolute atomic E-state index is 0.0601. The summed E-state index contributed by atoms with van der Waals surface area (Å²) >= 11 is 0. The molecule has 0 heterocycles. The number of fused-ring (bicyclic) bond motifs is 1. The van der Waals surface area contributed by atoms with Crippen LogP contribution in [0.2, 0.25) is 0 Å². The number of aliphatic hydroxyl groups excluding tert-OH is 2. The number of benzene rings is 1. The molecule has 6 nitrogen and oxygen atoms in total. The van der Waals surface area contributed by atoms with Crippen molar-refractivity contribution in [3.8, 4) is 0 Å². The van der Waals surface area contributed by atoms with Crippen molar-refractivity contribution in [2.75, 3.05) is 6.61 Å². The standard InChI is InChI=1S/C20H27NO5/c22-15(10-13-4-2-1-3-5-13)7-6-14-11-16-17(20(14)25)12-18(16)21-26-9-8-19(23)24/h1-5,14-17,20,22,25H,6-12H2,(H,23,24). The second-order valence-corrected chi connectivity index (χ2v) is 7.44. The SMILES string of the molecule is O=C(O)CCON=C1CC2C1CC(CCC(O)Cc1ccccc1)C2O. The average Bonchev–Trinajstić information content (AvgIpc) is 2.84. The maximum atomic E-state index is 10.5. The van der Waals surface area contributed by atoms with Crippen LogP contribution in [0.25, 0.3) is 0 Å².